The van der Waals surface area contributed by atoms with Gasteiger partial charge >= 0.3 is 0 Å². The highest BCUT2D eigenvalue weighted by atomic mass is 16.5. The number of phenolic OH excluding ortho intramolecular Hbond substituents is 1. The summed E-state index contributed by atoms with van der Waals surface area (Å²) < 4.78 is 5.71. The number of amidine groups is 1. The molecule has 1 fully saturated rings. The fourth-order valence-corrected chi connectivity index (χ4v) is 3.85. The van der Waals surface area contributed by atoms with E-state index < -0.39 is 18.4 Å². The van der Waals surface area contributed by atoms with Crippen LogP contribution in [0.1, 0.15) is 44.6 Å². The van der Waals surface area contributed by atoms with Crippen LogP contribution in [-0.4, -0.2) is 57.4 Å². The van der Waals surface area contributed by atoms with Gasteiger partial charge in [-0.1, -0.05) is 38.8 Å². The second-order valence-electron chi connectivity index (χ2n) is 8.23. The van der Waals surface area contributed by atoms with Crippen LogP contribution < -0.4 is 16.8 Å². The molecule has 10 heteroatoms. The highest BCUT2D eigenvalue weighted by Crippen LogP contribution is 2.28. The van der Waals surface area contributed by atoms with Gasteiger partial charge in [-0.05, 0) is 24.5 Å². The monoisotopic (exact) mass is 458 g/mol. The molecule has 0 aliphatic carbocycles. The van der Waals surface area contributed by atoms with Gasteiger partial charge in [0.25, 0.3) is 0 Å². The summed E-state index contributed by atoms with van der Waals surface area (Å²) in [7, 11) is 0. The maximum Gasteiger partial charge on any atom is 0.168 e. The van der Waals surface area contributed by atoms with Crippen molar-refractivity contribution in [3.8, 4) is 5.75 Å². The van der Waals surface area contributed by atoms with E-state index in [1.165, 1.54) is 19.2 Å². The van der Waals surface area contributed by atoms with Crippen LogP contribution in [0.15, 0.2) is 52.1 Å². The normalized spacial score (nSPS) is 23.5. The van der Waals surface area contributed by atoms with Crippen LogP contribution in [0.4, 0.5) is 5.69 Å². The minimum Gasteiger partial charge on any atom is -0.508 e. The van der Waals surface area contributed by atoms with E-state index in [2.05, 4.69) is 28.8 Å². The van der Waals surface area contributed by atoms with Crippen molar-refractivity contribution in [3.05, 3.63) is 47.7 Å². The molecule has 0 unspecified atom stereocenters. The molecule has 1 aromatic rings. The Morgan fingerprint density at radius 2 is 2.12 bits per heavy atom. The number of hydrogen-bond donors (Lipinski definition) is 6. The first-order valence-corrected chi connectivity index (χ1v) is 11.2. The van der Waals surface area contributed by atoms with Gasteiger partial charge in [0.1, 0.15) is 35.4 Å². The minimum absolute atomic E-state index is 0.0253. The number of aliphatic imine (C=N–C) groups is 2. The lowest BCUT2D eigenvalue weighted by Crippen LogP contribution is -2.38. The summed E-state index contributed by atoms with van der Waals surface area (Å²) in [6, 6.07) is 5.39. The summed E-state index contributed by atoms with van der Waals surface area (Å²) in [5.41, 5.74) is 13.3. The lowest BCUT2D eigenvalue weighted by molar-refractivity contribution is -0.0431. The standard InChI is InChI=1S/C23H34N6O4/c1-3-4-5-6-7-15-8-9-16(10-17(15)31)27-14(2)28-23-21(22(24)25)26-13-29(23)20-11-18(32)19(12-30)33-20/h8-10,13,18-20,27,30-32H,2-7,11-12,24-25H2,1H3/b28-23+/t18-,19-,20-/m1/s1. The zero-order chi connectivity index (χ0) is 24.0. The molecular formula is C23H34N6O4. The van der Waals surface area contributed by atoms with E-state index in [4.69, 9.17) is 16.2 Å². The number of unbranched alkanes of at least 4 members (excludes halogenated alkanes) is 3. The number of phenols is 1. The number of benzene rings is 1. The summed E-state index contributed by atoms with van der Waals surface area (Å²) in [5, 5.41) is 32.9. The number of aliphatic hydroxyl groups excluding tert-OH is 2. The van der Waals surface area contributed by atoms with Gasteiger partial charge in [-0.25, -0.2) is 9.98 Å². The van der Waals surface area contributed by atoms with Crippen molar-refractivity contribution in [2.75, 3.05) is 11.9 Å². The number of ether oxygens (including phenoxy) is 1. The maximum atomic E-state index is 10.4. The molecule has 0 radical (unpaired) electrons. The third-order valence-electron chi connectivity index (χ3n) is 5.65. The van der Waals surface area contributed by atoms with Crippen molar-refractivity contribution in [3.63, 3.8) is 0 Å². The SMILES string of the molecule is C=C(/N=C1\C(=C(N)N)N=CN1[C@H]1C[C@@H](O)[C@@H](CO)O1)Nc1ccc(CCCCCC)c(O)c1. The Kier molecular flexibility index (Phi) is 8.32. The first-order chi connectivity index (χ1) is 15.8. The summed E-state index contributed by atoms with van der Waals surface area (Å²) in [5.74, 6) is 0.771. The molecule has 2 heterocycles. The van der Waals surface area contributed by atoms with E-state index in [9.17, 15) is 15.3 Å². The predicted molar refractivity (Wildman–Crippen MR) is 128 cm³/mol. The van der Waals surface area contributed by atoms with E-state index >= 15 is 0 Å². The molecule has 3 atom stereocenters. The fourth-order valence-electron chi connectivity index (χ4n) is 3.85. The van der Waals surface area contributed by atoms with E-state index in [0.29, 0.717) is 11.5 Å². The zero-order valence-corrected chi connectivity index (χ0v) is 18.9. The minimum atomic E-state index is -0.817. The Bertz CT molecular complexity index is 941. The average molecular weight is 459 g/mol. The van der Waals surface area contributed by atoms with Gasteiger partial charge in [-0.2, -0.15) is 0 Å². The van der Waals surface area contributed by atoms with Crippen LogP contribution in [0.25, 0.3) is 0 Å². The third-order valence-corrected chi connectivity index (χ3v) is 5.65. The molecule has 0 bridgehead atoms. The molecule has 0 saturated carbocycles. The number of aliphatic hydroxyl groups is 2. The Morgan fingerprint density at radius 1 is 1.33 bits per heavy atom. The number of aryl methyl sites for hydroxylation is 1. The smallest absolute Gasteiger partial charge is 0.168 e. The van der Waals surface area contributed by atoms with Crippen LogP contribution in [0.5, 0.6) is 5.75 Å². The number of nitrogens with one attached hydrogen (secondary N) is 1. The Balaban J connectivity index is 1.71. The predicted octanol–water partition coefficient (Wildman–Crippen LogP) is 1.70. The quantitative estimate of drug-likeness (QED) is 0.289. The summed E-state index contributed by atoms with van der Waals surface area (Å²) in [6.45, 7) is 5.81. The molecule has 180 valence electrons. The second kappa shape index (κ2) is 11.2. The fraction of sp³-hybridized carbons (Fsp3) is 0.478. The number of rotatable bonds is 10. The number of nitrogens with zero attached hydrogens (tertiary/aromatic N) is 3. The van der Waals surface area contributed by atoms with Crippen LogP contribution in [0, 0.1) is 0 Å². The van der Waals surface area contributed by atoms with Crippen LogP contribution in [0.2, 0.25) is 0 Å². The van der Waals surface area contributed by atoms with Crippen LogP contribution in [-0.2, 0) is 11.2 Å². The van der Waals surface area contributed by atoms with Gasteiger partial charge in [-0.3, -0.25) is 4.90 Å². The van der Waals surface area contributed by atoms with E-state index in [1.54, 1.807) is 11.0 Å². The van der Waals surface area contributed by atoms with Crippen molar-refractivity contribution >= 4 is 17.9 Å². The van der Waals surface area contributed by atoms with Gasteiger partial charge in [-0.15, -0.1) is 0 Å². The molecule has 8 N–H and O–H groups in total. The lowest BCUT2D eigenvalue weighted by atomic mass is 10.0. The molecule has 0 amide bonds. The Hall–Kier alpha value is -3.08. The highest BCUT2D eigenvalue weighted by Gasteiger charge is 2.40. The van der Waals surface area contributed by atoms with Gasteiger partial charge in [0.15, 0.2) is 5.84 Å². The molecule has 2 aliphatic rings. The topological polar surface area (TPSA) is 162 Å². The van der Waals surface area contributed by atoms with E-state index in [1.807, 2.05) is 12.1 Å². The largest absolute Gasteiger partial charge is 0.508 e. The summed E-state index contributed by atoms with van der Waals surface area (Å²) >= 11 is 0. The van der Waals surface area contributed by atoms with Gasteiger partial charge in [0.2, 0.25) is 0 Å². The van der Waals surface area contributed by atoms with E-state index in [-0.39, 0.29) is 36.1 Å². The van der Waals surface area contributed by atoms with Gasteiger partial charge in [0.05, 0.1) is 19.0 Å². The van der Waals surface area contributed by atoms with Crippen LogP contribution >= 0.6 is 0 Å². The molecule has 33 heavy (non-hydrogen) atoms. The molecule has 1 aromatic carbocycles. The number of aromatic hydroxyl groups is 1. The first-order valence-electron chi connectivity index (χ1n) is 11.2. The molecule has 0 aromatic heterocycles. The number of hydrogen-bond acceptors (Lipinski definition) is 9. The van der Waals surface area contributed by atoms with Crippen LogP contribution in [0.3, 0.4) is 0 Å². The average Bonchev–Trinajstić information content (AvgIpc) is 3.35. The Labute approximate surface area is 194 Å². The molecular weight excluding hydrogens is 424 g/mol. The van der Waals surface area contributed by atoms with Gasteiger partial charge < -0.3 is 36.8 Å². The number of nitrogens with two attached hydrogens (primary N) is 2. The Morgan fingerprint density at radius 3 is 2.76 bits per heavy atom. The number of anilines is 1. The molecule has 3 rings (SSSR count). The molecule has 1 saturated heterocycles. The summed E-state index contributed by atoms with van der Waals surface area (Å²) in [4.78, 5) is 10.3. The van der Waals surface area contributed by atoms with Gasteiger partial charge in [0, 0.05) is 18.2 Å². The molecule has 0 spiro atoms. The second-order valence-corrected chi connectivity index (χ2v) is 8.23. The van der Waals surface area contributed by atoms with Crippen molar-refractivity contribution in [1.29, 1.82) is 0 Å². The van der Waals surface area contributed by atoms with Crippen molar-refractivity contribution < 1.29 is 20.1 Å². The van der Waals surface area contributed by atoms with Crippen molar-refractivity contribution in [2.24, 2.45) is 21.5 Å². The third kappa shape index (κ3) is 6.04. The zero-order valence-electron chi connectivity index (χ0n) is 18.9. The highest BCUT2D eigenvalue weighted by molar-refractivity contribution is 6.09. The van der Waals surface area contributed by atoms with Crippen molar-refractivity contribution in [2.45, 2.75) is 63.9 Å². The molecule has 2 aliphatic heterocycles. The molecule has 10 nitrogen and oxygen atoms in total. The first kappa shape index (κ1) is 24.6. The lowest BCUT2D eigenvalue weighted by Gasteiger charge is -2.23. The van der Waals surface area contributed by atoms with Crippen molar-refractivity contribution in [1.82, 2.24) is 4.90 Å². The summed E-state index contributed by atoms with van der Waals surface area (Å²) in [6.07, 6.45) is 4.98. The van der Waals surface area contributed by atoms with E-state index in [0.717, 1.165) is 24.8 Å². The maximum absolute atomic E-state index is 10.4.